The maximum absolute atomic E-state index is 13.1. The first-order valence-electron chi connectivity index (χ1n) is 11.2. The van der Waals surface area contributed by atoms with Crippen molar-refractivity contribution in [2.45, 2.75) is 20.8 Å². The molecule has 0 unspecified atom stereocenters. The van der Waals surface area contributed by atoms with E-state index in [0.717, 1.165) is 41.7 Å². The Morgan fingerprint density at radius 1 is 1.03 bits per heavy atom. The number of fused-ring (bicyclic) bond motifs is 1. The average molecular weight is 434 g/mol. The van der Waals surface area contributed by atoms with E-state index >= 15 is 0 Å². The van der Waals surface area contributed by atoms with Gasteiger partial charge in [0.05, 0.1) is 26.2 Å². The van der Waals surface area contributed by atoms with E-state index in [0.29, 0.717) is 12.1 Å². The minimum absolute atomic E-state index is 0.237. The highest BCUT2D eigenvalue weighted by molar-refractivity contribution is 6.06. The van der Waals surface area contributed by atoms with E-state index in [1.165, 1.54) is 4.90 Å². The van der Waals surface area contributed by atoms with Crippen molar-refractivity contribution in [1.82, 2.24) is 15.2 Å². The van der Waals surface area contributed by atoms with Gasteiger partial charge in [-0.2, -0.15) is 0 Å². The van der Waals surface area contributed by atoms with E-state index < -0.39 is 0 Å². The van der Waals surface area contributed by atoms with Gasteiger partial charge in [-0.1, -0.05) is 35.9 Å². The third-order valence-corrected chi connectivity index (χ3v) is 5.80. The number of amides is 2. The molecule has 0 radical (unpaired) electrons. The average Bonchev–Trinajstić information content (AvgIpc) is 3.12. The van der Waals surface area contributed by atoms with Gasteiger partial charge in [-0.3, -0.25) is 9.59 Å². The molecule has 3 N–H and O–H groups in total. The number of carbonyl (C=O) groups excluding carboxylic acids is 2. The summed E-state index contributed by atoms with van der Waals surface area (Å²) >= 11 is 0. The van der Waals surface area contributed by atoms with Crippen LogP contribution in [0.1, 0.15) is 35.3 Å². The van der Waals surface area contributed by atoms with Gasteiger partial charge in [0, 0.05) is 35.3 Å². The maximum Gasteiger partial charge on any atom is 0.268 e. The van der Waals surface area contributed by atoms with Crippen molar-refractivity contribution in [2.75, 3.05) is 26.2 Å². The summed E-state index contributed by atoms with van der Waals surface area (Å²) in [5.41, 5.74) is 3.77. The number of aromatic nitrogens is 1. The number of nitrogens with zero attached hydrogens (tertiary/aromatic N) is 1. The van der Waals surface area contributed by atoms with Crippen molar-refractivity contribution in [3.05, 3.63) is 77.1 Å². The van der Waals surface area contributed by atoms with Crippen molar-refractivity contribution in [3.63, 3.8) is 0 Å². The largest absolute Gasteiger partial charge is 0.350 e. The van der Waals surface area contributed by atoms with Gasteiger partial charge in [0.1, 0.15) is 5.70 Å². The molecule has 32 heavy (non-hydrogen) atoms. The number of hydrogen-bond donors (Lipinski definition) is 3. The smallest absolute Gasteiger partial charge is 0.268 e. The van der Waals surface area contributed by atoms with Gasteiger partial charge < -0.3 is 20.1 Å². The molecule has 2 aromatic carbocycles. The number of rotatable bonds is 9. The fourth-order valence-corrected chi connectivity index (χ4v) is 3.75. The molecule has 168 valence electrons. The Morgan fingerprint density at radius 2 is 1.72 bits per heavy atom. The molecule has 0 aliphatic carbocycles. The molecule has 0 spiro atoms. The van der Waals surface area contributed by atoms with Gasteiger partial charge in [-0.15, -0.1) is 0 Å². The SMILES string of the molecule is CC[NH+](CC)CCNC(=O)/C(=C/c1cn(C)c2ccccc12)NC(=O)c1ccc(C)cc1. The van der Waals surface area contributed by atoms with Crippen LogP contribution in [-0.4, -0.2) is 42.6 Å². The lowest BCUT2D eigenvalue weighted by Gasteiger charge is -2.16. The highest BCUT2D eigenvalue weighted by Gasteiger charge is 2.16. The second-order valence-electron chi connectivity index (χ2n) is 8.05. The van der Waals surface area contributed by atoms with E-state index in [9.17, 15) is 9.59 Å². The third-order valence-electron chi connectivity index (χ3n) is 5.80. The number of hydrogen-bond acceptors (Lipinski definition) is 2. The normalized spacial score (nSPS) is 11.7. The number of carbonyl (C=O) groups is 2. The van der Waals surface area contributed by atoms with E-state index in [2.05, 4.69) is 24.5 Å². The number of nitrogens with one attached hydrogen (secondary N) is 3. The standard InChI is InChI=1S/C26H32N4O2/c1-5-30(6-2)16-15-27-26(32)23(28-25(31)20-13-11-19(3)12-14-20)17-21-18-29(4)24-10-8-7-9-22(21)24/h7-14,17-18H,5-6,15-16H2,1-4H3,(H,27,32)(H,28,31)/p+1/b23-17-. The molecule has 0 atom stereocenters. The Balaban J connectivity index is 1.87. The Hall–Kier alpha value is -3.38. The summed E-state index contributed by atoms with van der Waals surface area (Å²) < 4.78 is 2.02. The van der Waals surface area contributed by atoms with Crippen molar-refractivity contribution < 1.29 is 14.5 Å². The first-order chi connectivity index (χ1) is 15.4. The molecule has 3 rings (SSSR count). The zero-order chi connectivity index (χ0) is 23.1. The molecule has 0 aliphatic rings. The molecule has 2 amide bonds. The Morgan fingerprint density at radius 3 is 2.41 bits per heavy atom. The van der Waals surface area contributed by atoms with Gasteiger partial charge in [-0.25, -0.2) is 0 Å². The maximum atomic E-state index is 13.1. The van der Waals surface area contributed by atoms with Crippen molar-refractivity contribution in [3.8, 4) is 0 Å². The minimum Gasteiger partial charge on any atom is -0.350 e. The van der Waals surface area contributed by atoms with Crippen LogP contribution < -0.4 is 15.5 Å². The highest BCUT2D eigenvalue weighted by Crippen LogP contribution is 2.22. The molecule has 3 aromatic rings. The number of benzene rings is 2. The van der Waals surface area contributed by atoms with Crippen molar-refractivity contribution in [2.24, 2.45) is 7.05 Å². The van der Waals surface area contributed by atoms with Crippen LogP contribution >= 0.6 is 0 Å². The van der Waals surface area contributed by atoms with Gasteiger partial charge in [0.25, 0.3) is 11.8 Å². The number of quaternary nitrogens is 1. The molecule has 1 heterocycles. The second-order valence-corrected chi connectivity index (χ2v) is 8.05. The highest BCUT2D eigenvalue weighted by atomic mass is 16.2. The van der Waals surface area contributed by atoms with Gasteiger partial charge >= 0.3 is 0 Å². The van der Waals surface area contributed by atoms with Crippen LogP contribution in [0.15, 0.2) is 60.4 Å². The van der Waals surface area contributed by atoms with Gasteiger partial charge in [0.2, 0.25) is 0 Å². The summed E-state index contributed by atoms with van der Waals surface area (Å²) in [7, 11) is 1.97. The molecular formula is C26H33N4O2+. The summed E-state index contributed by atoms with van der Waals surface area (Å²) in [5, 5.41) is 6.83. The minimum atomic E-state index is -0.305. The molecule has 0 saturated carbocycles. The summed E-state index contributed by atoms with van der Waals surface area (Å²) in [6.07, 6.45) is 3.73. The molecule has 0 saturated heterocycles. The van der Waals surface area contributed by atoms with Crippen LogP contribution in [0.2, 0.25) is 0 Å². The topological polar surface area (TPSA) is 67.6 Å². The molecule has 0 aliphatic heterocycles. The summed E-state index contributed by atoms with van der Waals surface area (Å²) in [5.74, 6) is -0.592. The van der Waals surface area contributed by atoms with Crippen LogP contribution in [-0.2, 0) is 11.8 Å². The molecule has 1 aromatic heterocycles. The molecular weight excluding hydrogens is 400 g/mol. The quantitative estimate of drug-likeness (QED) is 0.454. The van der Waals surface area contributed by atoms with E-state index in [-0.39, 0.29) is 17.5 Å². The van der Waals surface area contributed by atoms with E-state index in [4.69, 9.17) is 0 Å². The van der Waals surface area contributed by atoms with Crippen LogP contribution in [0, 0.1) is 6.92 Å². The summed E-state index contributed by atoms with van der Waals surface area (Å²) in [4.78, 5) is 27.3. The van der Waals surface area contributed by atoms with Crippen molar-refractivity contribution in [1.29, 1.82) is 0 Å². The fraction of sp³-hybridized carbons (Fsp3) is 0.308. The lowest BCUT2D eigenvalue weighted by molar-refractivity contribution is -0.895. The first kappa shape index (κ1) is 23.3. The number of aryl methyl sites for hydroxylation is 2. The summed E-state index contributed by atoms with van der Waals surface area (Å²) in [6, 6.07) is 15.3. The third kappa shape index (κ3) is 5.65. The second kappa shape index (κ2) is 10.8. The predicted molar refractivity (Wildman–Crippen MR) is 129 cm³/mol. The zero-order valence-corrected chi connectivity index (χ0v) is 19.4. The lowest BCUT2D eigenvalue weighted by Crippen LogP contribution is -3.12. The Labute approximate surface area is 189 Å². The molecule has 6 nitrogen and oxygen atoms in total. The molecule has 0 bridgehead atoms. The predicted octanol–water partition coefficient (Wildman–Crippen LogP) is 2.30. The van der Waals surface area contributed by atoms with Crippen LogP contribution in [0.25, 0.3) is 17.0 Å². The first-order valence-corrected chi connectivity index (χ1v) is 11.2. The Bertz CT molecular complexity index is 1110. The lowest BCUT2D eigenvalue weighted by atomic mass is 10.1. The monoisotopic (exact) mass is 433 g/mol. The molecule has 6 heteroatoms. The summed E-state index contributed by atoms with van der Waals surface area (Å²) in [6.45, 7) is 9.64. The van der Waals surface area contributed by atoms with Crippen molar-refractivity contribution >= 4 is 28.8 Å². The van der Waals surface area contributed by atoms with Gasteiger partial charge in [-0.05, 0) is 45.0 Å². The van der Waals surface area contributed by atoms with Crippen LogP contribution in [0.4, 0.5) is 0 Å². The van der Waals surface area contributed by atoms with Gasteiger partial charge in [0.15, 0.2) is 0 Å². The van der Waals surface area contributed by atoms with Crippen LogP contribution in [0.5, 0.6) is 0 Å². The fourth-order valence-electron chi connectivity index (χ4n) is 3.75. The zero-order valence-electron chi connectivity index (χ0n) is 19.4. The Kier molecular flexibility index (Phi) is 7.84. The number of likely N-dealkylation sites (N-methyl/N-ethyl adjacent to an activating group) is 1. The van der Waals surface area contributed by atoms with E-state index in [1.807, 2.05) is 61.1 Å². The molecule has 0 fully saturated rings. The van der Waals surface area contributed by atoms with E-state index in [1.54, 1.807) is 18.2 Å². The van der Waals surface area contributed by atoms with Crippen LogP contribution in [0.3, 0.4) is 0 Å². The number of para-hydroxylation sites is 1.